The highest BCUT2D eigenvalue weighted by Gasteiger charge is 2.25. The average Bonchev–Trinajstić information content (AvgIpc) is 2.45. The minimum absolute atomic E-state index is 0.302. The molecule has 23 heavy (non-hydrogen) atoms. The SMILES string of the molecule is COc1c(Cl)cc(Cl)cc1C1=CCN(C(=O)OC(C)(C)C)CC1. The Morgan fingerprint density at radius 2 is 1.96 bits per heavy atom. The third-order valence-corrected chi connectivity index (χ3v) is 3.92. The van der Waals surface area contributed by atoms with Gasteiger partial charge in [-0.1, -0.05) is 29.3 Å². The molecule has 1 aromatic rings. The van der Waals surface area contributed by atoms with E-state index in [1.165, 1.54) is 0 Å². The van der Waals surface area contributed by atoms with E-state index >= 15 is 0 Å². The second-order valence-corrected chi connectivity index (χ2v) is 7.22. The molecule has 0 bridgehead atoms. The lowest BCUT2D eigenvalue weighted by Crippen LogP contribution is -2.39. The molecule has 1 aromatic carbocycles. The molecule has 6 heteroatoms. The van der Waals surface area contributed by atoms with Gasteiger partial charge in [-0.3, -0.25) is 0 Å². The number of carbonyl (C=O) groups is 1. The zero-order chi connectivity index (χ0) is 17.2. The normalized spacial score (nSPS) is 15.2. The Kier molecular flexibility index (Phi) is 5.48. The van der Waals surface area contributed by atoms with Crippen molar-refractivity contribution >= 4 is 34.9 Å². The number of benzene rings is 1. The minimum Gasteiger partial charge on any atom is -0.495 e. The predicted octanol–water partition coefficient (Wildman–Crippen LogP) is 5.03. The predicted molar refractivity (Wildman–Crippen MR) is 93.4 cm³/mol. The molecule has 1 aliphatic rings. The van der Waals surface area contributed by atoms with E-state index in [4.69, 9.17) is 32.7 Å². The van der Waals surface area contributed by atoms with E-state index in [1.54, 1.807) is 18.1 Å². The number of ether oxygens (including phenoxy) is 2. The van der Waals surface area contributed by atoms with Crippen LogP contribution in [0.15, 0.2) is 18.2 Å². The number of amides is 1. The third-order valence-electron chi connectivity index (χ3n) is 3.42. The van der Waals surface area contributed by atoms with Gasteiger partial charge in [-0.2, -0.15) is 0 Å². The van der Waals surface area contributed by atoms with Crippen LogP contribution < -0.4 is 4.74 Å². The van der Waals surface area contributed by atoms with Crippen molar-refractivity contribution < 1.29 is 14.3 Å². The molecule has 0 N–H and O–H groups in total. The highest BCUT2D eigenvalue weighted by molar-refractivity contribution is 6.36. The lowest BCUT2D eigenvalue weighted by atomic mass is 9.98. The zero-order valence-electron chi connectivity index (χ0n) is 13.8. The quantitative estimate of drug-likeness (QED) is 0.745. The Morgan fingerprint density at radius 1 is 1.26 bits per heavy atom. The number of rotatable bonds is 2. The molecule has 1 heterocycles. The first-order valence-corrected chi connectivity index (χ1v) is 8.17. The number of methoxy groups -OCH3 is 1. The summed E-state index contributed by atoms with van der Waals surface area (Å²) in [6.07, 6.45) is 2.37. The molecule has 0 aromatic heterocycles. The topological polar surface area (TPSA) is 38.8 Å². The molecule has 0 spiro atoms. The number of nitrogens with zero attached hydrogens (tertiary/aromatic N) is 1. The summed E-state index contributed by atoms with van der Waals surface area (Å²) in [5.74, 6) is 0.605. The molecule has 0 saturated carbocycles. The highest BCUT2D eigenvalue weighted by Crippen LogP contribution is 2.38. The van der Waals surface area contributed by atoms with Crippen LogP contribution in [0.1, 0.15) is 32.8 Å². The van der Waals surface area contributed by atoms with Crippen LogP contribution in [0.2, 0.25) is 10.0 Å². The van der Waals surface area contributed by atoms with Crippen molar-refractivity contribution in [1.82, 2.24) is 4.90 Å². The van der Waals surface area contributed by atoms with Gasteiger partial charge >= 0.3 is 6.09 Å². The van der Waals surface area contributed by atoms with E-state index in [0.29, 0.717) is 35.3 Å². The van der Waals surface area contributed by atoms with Crippen molar-refractivity contribution in [3.63, 3.8) is 0 Å². The highest BCUT2D eigenvalue weighted by atomic mass is 35.5. The number of carbonyl (C=O) groups excluding carboxylic acids is 1. The molecular formula is C17H21Cl2NO3. The molecule has 2 rings (SSSR count). The molecule has 0 fully saturated rings. The molecule has 0 radical (unpaired) electrons. The Bertz CT molecular complexity index is 635. The van der Waals surface area contributed by atoms with Gasteiger partial charge in [-0.05, 0) is 44.9 Å². The fourth-order valence-electron chi connectivity index (χ4n) is 2.41. The van der Waals surface area contributed by atoms with E-state index in [1.807, 2.05) is 32.9 Å². The summed E-state index contributed by atoms with van der Waals surface area (Å²) in [5.41, 5.74) is 1.44. The molecule has 0 aliphatic carbocycles. The zero-order valence-corrected chi connectivity index (χ0v) is 15.3. The van der Waals surface area contributed by atoms with E-state index < -0.39 is 5.60 Å². The summed E-state index contributed by atoms with van der Waals surface area (Å²) >= 11 is 12.3. The molecule has 1 aliphatic heterocycles. The monoisotopic (exact) mass is 357 g/mol. The van der Waals surface area contributed by atoms with Gasteiger partial charge < -0.3 is 14.4 Å². The van der Waals surface area contributed by atoms with Crippen LogP contribution in [0.5, 0.6) is 5.75 Å². The van der Waals surface area contributed by atoms with Crippen molar-refractivity contribution in [2.45, 2.75) is 32.8 Å². The van der Waals surface area contributed by atoms with Crippen LogP contribution in [0, 0.1) is 0 Å². The van der Waals surface area contributed by atoms with Crippen molar-refractivity contribution in [2.75, 3.05) is 20.2 Å². The van der Waals surface area contributed by atoms with Crippen molar-refractivity contribution in [3.05, 3.63) is 33.8 Å². The van der Waals surface area contributed by atoms with Gasteiger partial charge in [0.2, 0.25) is 0 Å². The molecule has 1 amide bonds. The van der Waals surface area contributed by atoms with Gasteiger partial charge in [0.25, 0.3) is 0 Å². The van der Waals surface area contributed by atoms with Gasteiger partial charge in [0.1, 0.15) is 11.4 Å². The van der Waals surface area contributed by atoms with Crippen LogP contribution in [0.4, 0.5) is 4.79 Å². The second-order valence-electron chi connectivity index (χ2n) is 6.37. The number of hydrogen-bond donors (Lipinski definition) is 0. The lowest BCUT2D eigenvalue weighted by Gasteiger charge is -2.30. The molecule has 0 unspecified atom stereocenters. The summed E-state index contributed by atoms with van der Waals surface area (Å²) < 4.78 is 10.8. The molecule has 4 nitrogen and oxygen atoms in total. The van der Waals surface area contributed by atoms with Crippen LogP contribution >= 0.6 is 23.2 Å². The van der Waals surface area contributed by atoms with Crippen LogP contribution in [-0.2, 0) is 4.74 Å². The Hall–Kier alpha value is -1.39. The van der Waals surface area contributed by atoms with Gasteiger partial charge in [-0.15, -0.1) is 0 Å². The van der Waals surface area contributed by atoms with Gasteiger partial charge in [0, 0.05) is 23.7 Å². The fourth-order valence-corrected chi connectivity index (χ4v) is 2.98. The van der Waals surface area contributed by atoms with Crippen LogP contribution in [0.25, 0.3) is 5.57 Å². The van der Waals surface area contributed by atoms with Gasteiger partial charge in [-0.25, -0.2) is 4.79 Å². The average molecular weight is 358 g/mol. The lowest BCUT2D eigenvalue weighted by molar-refractivity contribution is 0.0270. The van der Waals surface area contributed by atoms with Crippen molar-refractivity contribution in [3.8, 4) is 5.75 Å². The number of hydrogen-bond acceptors (Lipinski definition) is 3. The summed E-state index contributed by atoms with van der Waals surface area (Å²) in [5, 5.41) is 1.03. The van der Waals surface area contributed by atoms with Crippen molar-refractivity contribution in [1.29, 1.82) is 0 Å². The number of halogens is 2. The molecule has 0 atom stereocenters. The van der Waals surface area contributed by atoms with Crippen LogP contribution in [-0.4, -0.2) is 36.8 Å². The third kappa shape index (κ3) is 4.55. The maximum absolute atomic E-state index is 12.1. The van der Waals surface area contributed by atoms with Gasteiger partial charge in [0.05, 0.1) is 12.1 Å². The van der Waals surface area contributed by atoms with E-state index in [2.05, 4.69) is 0 Å². The second kappa shape index (κ2) is 7.02. The summed E-state index contributed by atoms with van der Waals surface area (Å²) in [4.78, 5) is 13.8. The minimum atomic E-state index is -0.495. The fraction of sp³-hybridized carbons (Fsp3) is 0.471. The molecule has 0 saturated heterocycles. The first-order valence-electron chi connectivity index (χ1n) is 7.41. The van der Waals surface area contributed by atoms with E-state index in [-0.39, 0.29) is 6.09 Å². The smallest absolute Gasteiger partial charge is 0.410 e. The van der Waals surface area contributed by atoms with E-state index in [9.17, 15) is 4.79 Å². The Balaban J connectivity index is 2.18. The van der Waals surface area contributed by atoms with Gasteiger partial charge in [0.15, 0.2) is 0 Å². The Morgan fingerprint density at radius 3 is 2.48 bits per heavy atom. The maximum Gasteiger partial charge on any atom is 0.410 e. The van der Waals surface area contributed by atoms with Crippen molar-refractivity contribution in [2.24, 2.45) is 0 Å². The van der Waals surface area contributed by atoms with E-state index in [0.717, 1.165) is 11.1 Å². The standard InChI is InChI=1S/C17H21Cl2NO3/c1-17(2,3)23-16(21)20-7-5-11(6-8-20)13-9-12(18)10-14(19)15(13)22-4/h5,9-10H,6-8H2,1-4H3. The largest absolute Gasteiger partial charge is 0.495 e. The summed E-state index contributed by atoms with van der Waals surface area (Å²) in [6.45, 7) is 6.63. The Labute approximate surface area is 147 Å². The first-order chi connectivity index (χ1) is 10.7. The first kappa shape index (κ1) is 18.0. The summed E-state index contributed by atoms with van der Waals surface area (Å²) in [6, 6.07) is 3.49. The van der Waals surface area contributed by atoms with Crippen LogP contribution in [0.3, 0.4) is 0 Å². The summed E-state index contributed by atoms with van der Waals surface area (Å²) in [7, 11) is 1.58. The molecule has 126 valence electrons. The maximum atomic E-state index is 12.1. The molecular weight excluding hydrogens is 337 g/mol.